The number of anilines is 1. The predicted octanol–water partition coefficient (Wildman–Crippen LogP) is 2.96. The number of hydrogen-bond acceptors (Lipinski definition) is 6. The molecule has 0 aliphatic carbocycles. The highest BCUT2D eigenvalue weighted by molar-refractivity contribution is 5.64. The van der Waals surface area contributed by atoms with Gasteiger partial charge in [0.1, 0.15) is 11.6 Å². The molecule has 0 amide bonds. The maximum atomic E-state index is 10.7. The van der Waals surface area contributed by atoms with E-state index in [4.69, 9.17) is 4.42 Å². The van der Waals surface area contributed by atoms with E-state index in [1.54, 1.807) is 23.1 Å². The number of furan rings is 1. The van der Waals surface area contributed by atoms with Crippen LogP contribution in [0.4, 0.5) is 11.5 Å². The first kappa shape index (κ1) is 16.7. The number of rotatable bonds is 7. The molecule has 2 N–H and O–H groups in total. The summed E-state index contributed by atoms with van der Waals surface area (Å²) in [7, 11) is 0. The van der Waals surface area contributed by atoms with Gasteiger partial charge in [-0.2, -0.15) is 5.10 Å². The van der Waals surface area contributed by atoms with Gasteiger partial charge in [-0.25, -0.2) is 4.68 Å². The van der Waals surface area contributed by atoms with Gasteiger partial charge in [0.25, 0.3) is 5.69 Å². The van der Waals surface area contributed by atoms with Crippen LogP contribution in [0.15, 0.2) is 47.1 Å². The average molecular weight is 342 g/mol. The summed E-state index contributed by atoms with van der Waals surface area (Å²) in [5.41, 5.74) is 2.62. The summed E-state index contributed by atoms with van der Waals surface area (Å²) in [6.45, 7) is 2.68. The Bertz CT molecular complexity index is 867. The molecule has 0 unspecified atom stereocenters. The second-order valence-corrected chi connectivity index (χ2v) is 5.53. The van der Waals surface area contributed by atoms with Gasteiger partial charge in [0.15, 0.2) is 0 Å². The van der Waals surface area contributed by atoms with E-state index in [1.165, 1.54) is 12.1 Å². The molecular weight excluding hydrogens is 324 g/mol. The molecule has 1 aromatic carbocycles. The number of nitro groups is 1. The molecule has 130 valence electrons. The second kappa shape index (κ2) is 7.18. The third kappa shape index (κ3) is 3.69. The fourth-order valence-electron chi connectivity index (χ4n) is 2.53. The predicted molar refractivity (Wildman–Crippen MR) is 92.2 cm³/mol. The van der Waals surface area contributed by atoms with Crippen LogP contribution >= 0.6 is 0 Å². The maximum Gasteiger partial charge on any atom is 0.269 e. The van der Waals surface area contributed by atoms with Crippen molar-refractivity contribution in [3.05, 3.63) is 64.1 Å². The molecule has 3 aromatic rings. The van der Waals surface area contributed by atoms with Crippen LogP contribution in [0.2, 0.25) is 0 Å². The molecule has 8 heteroatoms. The number of non-ortho nitro benzene ring substituents is 1. The van der Waals surface area contributed by atoms with E-state index in [2.05, 4.69) is 10.4 Å². The van der Waals surface area contributed by atoms with Gasteiger partial charge in [0.2, 0.25) is 0 Å². The smallest absolute Gasteiger partial charge is 0.269 e. The van der Waals surface area contributed by atoms with Crippen LogP contribution in [-0.2, 0) is 13.1 Å². The Hall–Kier alpha value is -3.13. The summed E-state index contributed by atoms with van der Waals surface area (Å²) in [5, 5.41) is 27.7. The van der Waals surface area contributed by atoms with Gasteiger partial charge >= 0.3 is 0 Å². The highest BCUT2D eigenvalue weighted by Crippen LogP contribution is 2.26. The lowest BCUT2D eigenvalue weighted by molar-refractivity contribution is -0.384. The van der Waals surface area contributed by atoms with Crippen LogP contribution in [0.1, 0.15) is 11.3 Å². The minimum Gasteiger partial charge on any atom is -0.469 e. The Labute approximate surface area is 143 Å². The highest BCUT2D eigenvalue weighted by atomic mass is 16.6. The molecule has 0 aliphatic heterocycles. The number of aryl methyl sites for hydroxylation is 1. The number of aliphatic hydroxyl groups is 1. The third-order valence-electron chi connectivity index (χ3n) is 3.85. The summed E-state index contributed by atoms with van der Waals surface area (Å²) < 4.78 is 7.00. The zero-order chi connectivity index (χ0) is 17.8. The molecule has 25 heavy (non-hydrogen) atoms. The van der Waals surface area contributed by atoms with Crippen molar-refractivity contribution in [2.75, 3.05) is 11.9 Å². The molecule has 0 radical (unpaired) electrons. The molecule has 0 atom stereocenters. The maximum absolute atomic E-state index is 10.7. The van der Waals surface area contributed by atoms with Gasteiger partial charge in [-0.3, -0.25) is 10.1 Å². The lowest BCUT2D eigenvalue weighted by Crippen LogP contribution is -2.10. The van der Waals surface area contributed by atoms with Crippen molar-refractivity contribution >= 4 is 11.5 Å². The Morgan fingerprint density at radius 3 is 2.68 bits per heavy atom. The number of nitrogens with zero attached hydrogens (tertiary/aromatic N) is 3. The summed E-state index contributed by atoms with van der Waals surface area (Å²) in [6.07, 6.45) is 1.61. The quantitative estimate of drug-likeness (QED) is 0.505. The molecule has 0 fully saturated rings. The molecule has 0 saturated heterocycles. The third-order valence-corrected chi connectivity index (χ3v) is 3.85. The molecule has 3 rings (SSSR count). The number of benzene rings is 1. The van der Waals surface area contributed by atoms with Crippen LogP contribution in [0, 0.1) is 17.0 Å². The normalized spacial score (nSPS) is 10.8. The molecule has 2 aromatic heterocycles. The molecule has 0 saturated carbocycles. The molecule has 2 heterocycles. The van der Waals surface area contributed by atoms with E-state index >= 15 is 0 Å². The van der Waals surface area contributed by atoms with Crippen LogP contribution in [0.25, 0.3) is 11.3 Å². The standard InChI is InChI=1S/C17H18N4O4/c1-12-15(6-9-25-12)16-10-17(20(19-16)7-8-22)18-11-13-2-4-14(5-3-13)21(23)24/h2-6,9-10,18,22H,7-8,11H2,1H3. The number of hydrogen-bond donors (Lipinski definition) is 2. The molecule has 8 nitrogen and oxygen atoms in total. The van der Waals surface area contributed by atoms with Crippen LogP contribution in [0.3, 0.4) is 0 Å². The summed E-state index contributed by atoms with van der Waals surface area (Å²) in [6, 6.07) is 10.1. The molecule has 0 spiro atoms. The lowest BCUT2D eigenvalue weighted by Gasteiger charge is -2.08. The van der Waals surface area contributed by atoms with Gasteiger partial charge < -0.3 is 14.8 Å². The fraction of sp³-hybridized carbons (Fsp3) is 0.235. The monoisotopic (exact) mass is 342 g/mol. The largest absolute Gasteiger partial charge is 0.469 e. The van der Waals surface area contributed by atoms with Crippen LogP contribution in [-0.4, -0.2) is 26.4 Å². The van der Waals surface area contributed by atoms with E-state index in [1.807, 2.05) is 19.1 Å². The topological polar surface area (TPSA) is 106 Å². The molecule has 0 aliphatic rings. The summed E-state index contributed by atoms with van der Waals surface area (Å²) in [5.74, 6) is 1.53. The number of nitro benzene ring substituents is 1. The van der Waals surface area contributed by atoms with E-state index in [0.29, 0.717) is 13.1 Å². The SMILES string of the molecule is Cc1occc1-c1cc(NCc2ccc([N+](=O)[O-])cc2)n(CCO)n1. The van der Waals surface area contributed by atoms with Crippen molar-refractivity contribution in [1.29, 1.82) is 0 Å². The number of nitrogens with one attached hydrogen (secondary N) is 1. The lowest BCUT2D eigenvalue weighted by atomic mass is 10.2. The molecule has 0 bridgehead atoms. The summed E-state index contributed by atoms with van der Waals surface area (Å²) >= 11 is 0. The fourth-order valence-corrected chi connectivity index (χ4v) is 2.53. The first-order chi connectivity index (χ1) is 12.1. The Kier molecular flexibility index (Phi) is 4.80. The van der Waals surface area contributed by atoms with E-state index in [9.17, 15) is 15.2 Å². The van der Waals surface area contributed by atoms with Crippen molar-refractivity contribution in [2.24, 2.45) is 0 Å². The van der Waals surface area contributed by atoms with E-state index < -0.39 is 4.92 Å². The Balaban J connectivity index is 1.78. The van der Waals surface area contributed by atoms with Crippen molar-refractivity contribution < 1.29 is 14.4 Å². The number of aliphatic hydroxyl groups excluding tert-OH is 1. The van der Waals surface area contributed by atoms with Gasteiger partial charge in [-0.05, 0) is 18.6 Å². The van der Waals surface area contributed by atoms with Crippen molar-refractivity contribution in [3.63, 3.8) is 0 Å². The van der Waals surface area contributed by atoms with Crippen LogP contribution < -0.4 is 5.32 Å². The minimum absolute atomic E-state index is 0.0301. The first-order valence-corrected chi connectivity index (χ1v) is 7.79. The average Bonchev–Trinajstić information content (AvgIpc) is 3.19. The van der Waals surface area contributed by atoms with Crippen molar-refractivity contribution in [2.45, 2.75) is 20.0 Å². The Morgan fingerprint density at radius 2 is 2.08 bits per heavy atom. The second-order valence-electron chi connectivity index (χ2n) is 5.53. The number of aromatic nitrogens is 2. The van der Waals surface area contributed by atoms with Gasteiger partial charge in [0, 0.05) is 30.3 Å². The van der Waals surface area contributed by atoms with Gasteiger partial charge in [-0.1, -0.05) is 12.1 Å². The zero-order valence-corrected chi connectivity index (χ0v) is 13.7. The van der Waals surface area contributed by atoms with Gasteiger partial charge in [0.05, 0.1) is 30.0 Å². The van der Waals surface area contributed by atoms with Gasteiger partial charge in [-0.15, -0.1) is 0 Å². The first-order valence-electron chi connectivity index (χ1n) is 7.79. The summed E-state index contributed by atoms with van der Waals surface area (Å²) in [4.78, 5) is 10.3. The van der Waals surface area contributed by atoms with Crippen LogP contribution in [0.5, 0.6) is 0 Å². The Morgan fingerprint density at radius 1 is 1.32 bits per heavy atom. The van der Waals surface area contributed by atoms with E-state index in [0.717, 1.165) is 28.4 Å². The highest BCUT2D eigenvalue weighted by Gasteiger charge is 2.13. The van der Waals surface area contributed by atoms with Crippen molar-refractivity contribution in [1.82, 2.24) is 9.78 Å². The molecular formula is C17H18N4O4. The van der Waals surface area contributed by atoms with Crippen molar-refractivity contribution in [3.8, 4) is 11.3 Å². The van der Waals surface area contributed by atoms with E-state index in [-0.39, 0.29) is 12.3 Å². The minimum atomic E-state index is -0.424. The zero-order valence-electron chi connectivity index (χ0n) is 13.7.